The van der Waals surface area contributed by atoms with Gasteiger partial charge in [-0.3, -0.25) is 0 Å². The molecule has 2 aromatic carbocycles. The zero-order chi connectivity index (χ0) is 20.3. The summed E-state index contributed by atoms with van der Waals surface area (Å²) in [6.07, 6.45) is 0. The van der Waals surface area contributed by atoms with Crippen LogP contribution in [0.1, 0.15) is 5.82 Å². The number of pyridine rings is 1. The molecule has 5 nitrogen and oxygen atoms in total. The summed E-state index contributed by atoms with van der Waals surface area (Å²) in [5, 5.41) is 14.7. The molecule has 0 radical (unpaired) electrons. The van der Waals surface area contributed by atoms with E-state index in [2.05, 4.69) is 31.2 Å². The molecule has 0 N–H and O–H groups in total. The van der Waals surface area contributed by atoms with E-state index in [0.717, 1.165) is 25.9 Å². The van der Waals surface area contributed by atoms with Crippen LogP contribution < -0.4 is 0 Å². The van der Waals surface area contributed by atoms with E-state index in [-0.39, 0.29) is 5.02 Å². The molecule has 0 bridgehead atoms. The van der Waals surface area contributed by atoms with Crippen LogP contribution in [0.4, 0.5) is 4.39 Å². The lowest BCUT2D eigenvalue weighted by molar-refractivity contribution is 0.628. The Labute approximate surface area is 186 Å². The lowest BCUT2D eigenvalue weighted by Gasteiger charge is -2.10. The lowest BCUT2D eigenvalue weighted by atomic mass is 10.0. The number of hydrogen-bond acceptors (Lipinski definition) is 5. The number of aryl methyl sites for hydroxylation is 1. The zero-order valence-electron chi connectivity index (χ0n) is 14.6. The summed E-state index contributed by atoms with van der Waals surface area (Å²) >= 11 is 17.1. The molecule has 5 rings (SSSR count). The van der Waals surface area contributed by atoms with E-state index >= 15 is 0 Å². The van der Waals surface area contributed by atoms with Gasteiger partial charge in [-0.1, -0.05) is 50.5 Å². The first-order chi connectivity index (χ1) is 13.9. The van der Waals surface area contributed by atoms with Crippen molar-refractivity contribution in [2.24, 2.45) is 0 Å². The molecule has 3 aromatic heterocycles. The van der Waals surface area contributed by atoms with Crippen LogP contribution in [0.25, 0.3) is 37.7 Å². The summed E-state index contributed by atoms with van der Waals surface area (Å²) in [4.78, 5) is 5.38. The maximum absolute atomic E-state index is 14.1. The van der Waals surface area contributed by atoms with E-state index in [1.807, 2.05) is 31.2 Å². The first-order valence-corrected chi connectivity index (χ1v) is 10.7. The van der Waals surface area contributed by atoms with Crippen molar-refractivity contribution in [3.8, 4) is 21.8 Å². The molecule has 0 aliphatic carbocycles. The highest BCUT2D eigenvalue weighted by Crippen LogP contribution is 2.38. The first-order valence-electron chi connectivity index (χ1n) is 8.35. The van der Waals surface area contributed by atoms with E-state index in [1.54, 1.807) is 4.52 Å². The molecule has 0 unspecified atom stereocenters. The summed E-state index contributed by atoms with van der Waals surface area (Å²) in [6, 6.07) is 10.3. The molecule has 0 amide bonds. The monoisotopic (exact) mass is 507 g/mol. The predicted octanol–water partition coefficient (Wildman–Crippen LogP) is 6.58. The number of aromatic nitrogens is 5. The van der Waals surface area contributed by atoms with Gasteiger partial charge in [0, 0.05) is 21.0 Å². The third kappa shape index (κ3) is 3.20. The fraction of sp³-hybridized carbons (Fsp3) is 0.0526. The van der Waals surface area contributed by atoms with Gasteiger partial charge in [-0.25, -0.2) is 9.37 Å². The Balaban J connectivity index is 1.82. The maximum atomic E-state index is 14.1. The fourth-order valence-electron chi connectivity index (χ4n) is 3.06. The molecule has 0 aliphatic heterocycles. The van der Waals surface area contributed by atoms with Crippen LogP contribution in [0.2, 0.25) is 10.0 Å². The van der Waals surface area contributed by atoms with Gasteiger partial charge in [-0.2, -0.15) is 9.61 Å². The predicted molar refractivity (Wildman–Crippen MR) is 117 cm³/mol. The number of nitrogens with zero attached hydrogens (tertiary/aromatic N) is 5. The molecule has 0 aliphatic rings. The lowest BCUT2D eigenvalue weighted by Crippen LogP contribution is -1.93. The van der Waals surface area contributed by atoms with Crippen LogP contribution in [-0.2, 0) is 0 Å². The number of benzene rings is 2. The quantitative estimate of drug-likeness (QED) is 0.252. The van der Waals surface area contributed by atoms with Crippen LogP contribution >= 0.6 is 50.5 Å². The molecule has 0 spiro atoms. The van der Waals surface area contributed by atoms with Crippen molar-refractivity contribution in [1.29, 1.82) is 0 Å². The fourth-order valence-corrected chi connectivity index (χ4v) is 4.81. The number of fused-ring (bicyclic) bond motifs is 2. The minimum absolute atomic E-state index is 0.0344. The molecule has 0 fully saturated rings. The van der Waals surface area contributed by atoms with E-state index in [4.69, 9.17) is 28.2 Å². The Kier molecular flexibility index (Phi) is 4.54. The van der Waals surface area contributed by atoms with Crippen LogP contribution in [0.3, 0.4) is 0 Å². The zero-order valence-corrected chi connectivity index (χ0v) is 18.5. The van der Waals surface area contributed by atoms with Gasteiger partial charge in [0.05, 0.1) is 21.3 Å². The second-order valence-corrected chi connectivity index (χ2v) is 9.00. The first kappa shape index (κ1) is 18.9. The Morgan fingerprint density at radius 3 is 2.66 bits per heavy atom. The SMILES string of the molecule is Cc1nnc2sc(-c3cc(-c4cc(F)c(Cl)cc4Cl)nc4ccc(Br)cc34)nn12. The summed E-state index contributed by atoms with van der Waals surface area (Å²) in [7, 11) is 0. The Morgan fingerprint density at radius 1 is 1.03 bits per heavy atom. The van der Waals surface area contributed by atoms with Crippen LogP contribution in [-0.4, -0.2) is 24.8 Å². The highest BCUT2D eigenvalue weighted by atomic mass is 79.9. The largest absolute Gasteiger partial charge is 0.248 e. The molecule has 5 aromatic rings. The number of halogens is 4. The van der Waals surface area contributed by atoms with E-state index in [0.29, 0.717) is 27.1 Å². The van der Waals surface area contributed by atoms with E-state index < -0.39 is 5.82 Å². The average Bonchev–Trinajstić information content (AvgIpc) is 3.26. The standard InChI is InChI=1S/C19H9BrCl2FN5S/c1-8-25-26-19-28(8)27-18(29-19)11-6-17(12-5-15(23)14(22)7-13(12)21)24-16-3-2-9(20)4-10(11)16/h2-7H,1H3. The molecule has 144 valence electrons. The van der Waals surface area contributed by atoms with Crippen molar-refractivity contribution in [1.82, 2.24) is 24.8 Å². The molecular formula is C19H9BrCl2FN5S. The maximum Gasteiger partial charge on any atom is 0.234 e. The minimum atomic E-state index is -0.556. The Hall–Kier alpha value is -2.13. The molecule has 10 heteroatoms. The Morgan fingerprint density at radius 2 is 1.86 bits per heavy atom. The molecular weight excluding hydrogens is 500 g/mol. The Bertz CT molecular complexity index is 1430. The second kappa shape index (κ2) is 6.98. The summed E-state index contributed by atoms with van der Waals surface area (Å²) in [5.41, 5.74) is 2.55. The van der Waals surface area contributed by atoms with Crippen LogP contribution in [0.5, 0.6) is 0 Å². The van der Waals surface area contributed by atoms with Gasteiger partial charge >= 0.3 is 0 Å². The van der Waals surface area contributed by atoms with Crippen molar-refractivity contribution in [2.75, 3.05) is 0 Å². The summed E-state index contributed by atoms with van der Waals surface area (Å²) < 4.78 is 16.7. The van der Waals surface area contributed by atoms with Crippen LogP contribution in [0.15, 0.2) is 40.9 Å². The third-order valence-electron chi connectivity index (χ3n) is 4.43. The van der Waals surface area contributed by atoms with Crippen LogP contribution in [0, 0.1) is 12.7 Å². The van der Waals surface area contributed by atoms with Gasteiger partial charge in [-0.15, -0.1) is 10.2 Å². The van der Waals surface area contributed by atoms with Crippen molar-refractivity contribution >= 4 is 66.3 Å². The van der Waals surface area contributed by atoms with Crippen molar-refractivity contribution in [3.05, 3.63) is 62.6 Å². The highest BCUT2D eigenvalue weighted by Gasteiger charge is 2.18. The molecule has 0 saturated carbocycles. The van der Waals surface area contributed by atoms with Crippen molar-refractivity contribution < 1.29 is 4.39 Å². The molecule has 3 heterocycles. The van der Waals surface area contributed by atoms with Gasteiger partial charge in [-0.05, 0) is 43.3 Å². The highest BCUT2D eigenvalue weighted by molar-refractivity contribution is 9.10. The van der Waals surface area contributed by atoms with Gasteiger partial charge < -0.3 is 0 Å². The van der Waals surface area contributed by atoms with Gasteiger partial charge in [0.2, 0.25) is 4.96 Å². The summed E-state index contributed by atoms with van der Waals surface area (Å²) in [5.74, 6) is 0.143. The van der Waals surface area contributed by atoms with Crippen molar-refractivity contribution in [3.63, 3.8) is 0 Å². The minimum Gasteiger partial charge on any atom is -0.248 e. The normalized spacial score (nSPS) is 11.6. The average molecular weight is 509 g/mol. The van der Waals surface area contributed by atoms with Gasteiger partial charge in [0.1, 0.15) is 10.8 Å². The summed E-state index contributed by atoms with van der Waals surface area (Å²) in [6.45, 7) is 1.84. The third-order valence-corrected chi connectivity index (χ3v) is 6.46. The van der Waals surface area contributed by atoms with Gasteiger partial charge in [0.15, 0.2) is 5.82 Å². The number of hydrogen-bond donors (Lipinski definition) is 0. The number of rotatable bonds is 2. The second-order valence-electron chi connectivity index (χ2n) is 6.31. The van der Waals surface area contributed by atoms with E-state index in [1.165, 1.54) is 23.5 Å². The molecule has 29 heavy (non-hydrogen) atoms. The van der Waals surface area contributed by atoms with Gasteiger partial charge in [0.25, 0.3) is 0 Å². The molecule has 0 atom stereocenters. The van der Waals surface area contributed by atoms with Crippen molar-refractivity contribution in [2.45, 2.75) is 6.92 Å². The smallest absolute Gasteiger partial charge is 0.234 e. The van der Waals surface area contributed by atoms with E-state index in [9.17, 15) is 4.39 Å². The topological polar surface area (TPSA) is 56.0 Å². The molecule has 0 saturated heterocycles.